The molecule has 0 atom stereocenters. The molecule has 0 aromatic heterocycles. The Bertz CT molecular complexity index is 863. The van der Waals surface area contributed by atoms with E-state index in [1.807, 2.05) is 63.2 Å². The molecule has 2 aromatic carbocycles. The van der Waals surface area contributed by atoms with Gasteiger partial charge in [-0.25, -0.2) is 4.79 Å². The van der Waals surface area contributed by atoms with Crippen LogP contribution in [0, 0.1) is 0 Å². The Morgan fingerprint density at radius 1 is 1.14 bits per heavy atom. The van der Waals surface area contributed by atoms with Gasteiger partial charge in [0.05, 0.1) is 5.02 Å². The first kappa shape index (κ1) is 23.2. The van der Waals surface area contributed by atoms with Gasteiger partial charge in [-0.15, -0.1) is 0 Å². The van der Waals surface area contributed by atoms with E-state index in [0.29, 0.717) is 24.7 Å². The number of carbonyl (C=O) groups is 2. The first-order valence-electron chi connectivity index (χ1n) is 9.32. The molecule has 2 rings (SSSR count). The third kappa shape index (κ3) is 7.37. The van der Waals surface area contributed by atoms with Crippen molar-refractivity contribution in [1.29, 1.82) is 0 Å². The van der Waals surface area contributed by atoms with Crippen molar-refractivity contribution < 1.29 is 14.3 Å². The van der Waals surface area contributed by atoms with Gasteiger partial charge in [-0.05, 0) is 53.9 Å². The molecular weight excluding hydrogens is 456 g/mol. The number of hydrogen-bond donors (Lipinski definition) is 1. The van der Waals surface area contributed by atoms with Gasteiger partial charge in [0.1, 0.15) is 5.60 Å². The number of carbonyl (C=O) groups excluding carboxylic acids is 2. The average Bonchev–Trinajstić information content (AvgIpc) is 2.62. The average molecular weight is 482 g/mol. The van der Waals surface area contributed by atoms with E-state index in [9.17, 15) is 9.59 Å². The number of halogens is 2. The molecule has 2 aromatic rings. The SMILES string of the molecule is CC(=O)NCCN(Cc1ccc(-c2cccc(Br)c2Cl)cc1)C(=O)OC(C)(C)C. The van der Waals surface area contributed by atoms with Crippen molar-refractivity contribution in [2.24, 2.45) is 0 Å². The maximum atomic E-state index is 12.6. The second kappa shape index (κ2) is 10.1. The Morgan fingerprint density at radius 2 is 1.79 bits per heavy atom. The van der Waals surface area contributed by atoms with Crippen LogP contribution < -0.4 is 5.32 Å². The summed E-state index contributed by atoms with van der Waals surface area (Å²) < 4.78 is 6.35. The standard InChI is InChI=1S/C22H26BrClN2O3/c1-15(27)25-12-13-26(21(28)29-22(2,3)4)14-16-8-10-17(11-9-16)18-6-5-7-19(23)20(18)24/h5-11H,12-14H2,1-4H3,(H,25,27). The van der Waals surface area contributed by atoms with Crippen molar-refractivity contribution in [3.05, 3.63) is 57.5 Å². The Balaban J connectivity index is 2.15. The van der Waals surface area contributed by atoms with Crippen molar-refractivity contribution >= 4 is 39.5 Å². The number of benzene rings is 2. The molecule has 0 fully saturated rings. The lowest BCUT2D eigenvalue weighted by atomic mass is 10.0. The topological polar surface area (TPSA) is 58.6 Å². The zero-order valence-electron chi connectivity index (χ0n) is 17.1. The van der Waals surface area contributed by atoms with E-state index in [-0.39, 0.29) is 5.91 Å². The van der Waals surface area contributed by atoms with Crippen LogP contribution in [-0.4, -0.2) is 35.6 Å². The normalized spacial score (nSPS) is 11.1. The molecule has 7 heteroatoms. The molecule has 0 radical (unpaired) electrons. The molecule has 0 saturated carbocycles. The van der Waals surface area contributed by atoms with E-state index < -0.39 is 11.7 Å². The van der Waals surface area contributed by atoms with Crippen LogP contribution >= 0.6 is 27.5 Å². The highest BCUT2D eigenvalue weighted by atomic mass is 79.9. The molecule has 0 unspecified atom stereocenters. The van der Waals surface area contributed by atoms with Gasteiger partial charge >= 0.3 is 6.09 Å². The van der Waals surface area contributed by atoms with E-state index in [1.54, 1.807) is 4.90 Å². The number of ether oxygens (including phenoxy) is 1. The molecule has 0 aliphatic heterocycles. The Hall–Kier alpha value is -2.05. The van der Waals surface area contributed by atoms with E-state index in [4.69, 9.17) is 16.3 Å². The van der Waals surface area contributed by atoms with Crippen LogP contribution in [0.2, 0.25) is 5.02 Å². The van der Waals surface area contributed by atoms with E-state index in [1.165, 1.54) is 6.92 Å². The van der Waals surface area contributed by atoms with Crippen LogP contribution in [-0.2, 0) is 16.1 Å². The summed E-state index contributed by atoms with van der Waals surface area (Å²) in [6, 6.07) is 13.7. The summed E-state index contributed by atoms with van der Waals surface area (Å²) in [5, 5.41) is 3.37. The predicted octanol–water partition coefficient (Wildman–Crippen LogP) is 5.64. The molecule has 1 N–H and O–H groups in total. The minimum absolute atomic E-state index is 0.135. The molecule has 0 aliphatic rings. The Labute approximate surface area is 185 Å². The summed E-state index contributed by atoms with van der Waals surface area (Å²) in [6.45, 7) is 8.02. The fourth-order valence-electron chi connectivity index (χ4n) is 2.67. The molecule has 5 nitrogen and oxygen atoms in total. The van der Waals surface area contributed by atoms with Crippen molar-refractivity contribution in [2.75, 3.05) is 13.1 Å². The van der Waals surface area contributed by atoms with Crippen LogP contribution in [0.1, 0.15) is 33.3 Å². The van der Waals surface area contributed by atoms with Gasteiger partial charge in [0, 0.05) is 36.6 Å². The molecule has 0 bridgehead atoms. The summed E-state index contributed by atoms with van der Waals surface area (Å²) in [5.41, 5.74) is 2.28. The number of rotatable bonds is 6. The fourth-order valence-corrected chi connectivity index (χ4v) is 3.27. The van der Waals surface area contributed by atoms with Gasteiger partial charge in [-0.2, -0.15) is 0 Å². The zero-order chi connectivity index (χ0) is 21.6. The summed E-state index contributed by atoms with van der Waals surface area (Å²) in [5.74, 6) is -0.135. The third-order valence-corrected chi connectivity index (χ3v) is 5.29. The molecule has 0 saturated heterocycles. The van der Waals surface area contributed by atoms with Crippen LogP contribution in [0.15, 0.2) is 46.9 Å². The summed E-state index contributed by atoms with van der Waals surface area (Å²) in [6.07, 6.45) is -0.415. The van der Waals surface area contributed by atoms with Gasteiger partial charge in [0.2, 0.25) is 5.91 Å². The Morgan fingerprint density at radius 3 is 2.38 bits per heavy atom. The Kier molecular flexibility index (Phi) is 8.11. The highest BCUT2D eigenvalue weighted by Gasteiger charge is 2.22. The van der Waals surface area contributed by atoms with Crippen molar-refractivity contribution in [1.82, 2.24) is 10.2 Å². The van der Waals surface area contributed by atoms with Crippen molar-refractivity contribution in [2.45, 2.75) is 39.8 Å². The van der Waals surface area contributed by atoms with Crippen LogP contribution in [0.5, 0.6) is 0 Å². The minimum atomic E-state index is -0.593. The van der Waals surface area contributed by atoms with E-state index in [0.717, 1.165) is 21.2 Å². The van der Waals surface area contributed by atoms with Gasteiger partial charge in [-0.3, -0.25) is 4.79 Å². The zero-order valence-corrected chi connectivity index (χ0v) is 19.4. The second-order valence-corrected chi connectivity index (χ2v) is 8.92. The molecule has 0 spiro atoms. The van der Waals surface area contributed by atoms with Crippen LogP contribution in [0.25, 0.3) is 11.1 Å². The lowest BCUT2D eigenvalue weighted by molar-refractivity contribution is -0.119. The monoisotopic (exact) mass is 480 g/mol. The van der Waals surface area contributed by atoms with Crippen molar-refractivity contribution in [3.8, 4) is 11.1 Å². The van der Waals surface area contributed by atoms with Gasteiger partial charge in [-0.1, -0.05) is 48.0 Å². The molecule has 2 amide bonds. The highest BCUT2D eigenvalue weighted by Crippen LogP contribution is 2.33. The van der Waals surface area contributed by atoms with E-state index >= 15 is 0 Å². The molecule has 156 valence electrons. The van der Waals surface area contributed by atoms with E-state index in [2.05, 4.69) is 21.2 Å². The molecule has 0 heterocycles. The maximum absolute atomic E-state index is 12.6. The largest absolute Gasteiger partial charge is 0.444 e. The number of amides is 2. The summed E-state index contributed by atoms with van der Waals surface area (Å²) in [4.78, 5) is 25.3. The first-order chi connectivity index (χ1) is 13.6. The number of nitrogens with one attached hydrogen (secondary N) is 1. The molecular formula is C22H26BrClN2O3. The van der Waals surface area contributed by atoms with Crippen LogP contribution in [0.4, 0.5) is 4.79 Å². The predicted molar refractivity (Wildman–Crippen MR) is 120 cm³/mol. The lowest BCUT2D eigenvalue weighted by Gasteiger charge is -2.27. The van der Waals surface area contributed by atoms with Gasteiger partial charge < -0.3 is 15.0 Å². The number of hydrogen-bond acceptors (Lipinski definition) is 3. The highest BCUT2D eigenvalue weighted by molar-refractivity contribution is 9.10. The number of nitrogens with zero attached hydrogens (tertiary/aromatic N) is 1. The fraction of sp³-hybridized carbons (Fsp3) is 0.364. The molecule has 0 aliphatic carbocycles. The smallest absolute Gasteiger partial charge is 0.410 e. The van der Waals surface area contributed by atoms with Crippen molar-refractivity contribution in [3.63, 3.8) is 0 Å². The van der Waals surface area contributed by atoms with Gasteiger partial charge in [0.25, 0.3) is 0 Å². The third-order valence-electron chi connectivity index (χ3n) is 4.00. The maximum Gasteiger partial charge on any atom is 0.410 e. The van der Waals surface area contributed by atoms with Gasteiger partial charge in [0.15, 0.2) is 0 Å². The van der Waals surface area contributed by atoms with Crippen LogP contribution in [0.3, 0.4) is 0 Å². The first-order valence-corrected chi connectivity index (χ1v) is 10.5. The lowest BCUT2D eigenvalue weighted by Crippen LogP contribution is -2.40. The quantitative estimate of drug-likeness (QED) is 0.580. The minimum Gasteiger partial charge on any atom is -0.444 e. The summed E-state index contributed by atoms with van der Waals surface area (Å²) >= 11 is 9.83. The molecule has 29 heavy (non-hydrogen) atoms. The summed E-state index contributed by atoms with van der Waals surface area (Å²) in [7, 11) is 0. The second-order valence-electron chi connectivity index (χ2n) is 7.68.